The van der Waals surface area contributed by atoms with Crippen LogP contribution in [0.25, 0.3) is 0 Å². The van der Waals surface area contributed by atoms with E-state index >= 15 is 0 Å². The van der Waals surface area contributed by atoms with Gasteiger partial charge in [-0.1, -0.05) is 53.5 Å². The van der Waals surface area contributed by atoms with Crippen molar-refractivity contribution in [1.82, 2.24) is 19.8 Å². The average Bonchev–Trinajstić information content (AvgIpc) is 3.37. The van der Waals surface area contributed by atoms with Crippen molar-refractivity contribution in [3.63, 3.8) is 0 Å². The number of amides is 3. The maximum Gasteiger partial charge on any atom is 0.246 e. The first-order valence-electron chi connectivity index (χ1n) is 11.1. The normalized spacial score (nSPS) is 13.1. The first kappa shape index (κ1) is 28.4. The molecule has 3 amide bonds. The third-order valence-corrected chi connectivity index (χ3v) is 8.10. The van der Waals surface area contributed by atoms with Crippen LogP contribution < -0.4 is 16.4 Å². The lowest BCUT2D eigenvalue weighted by atomic mass is 10.1. The molecule has 0 atom stereocenters. The molecule has 0 spiro atoms. The van der Waals surface area contributed by atoms with Crippen LogP contribution in [0.15, 0.2) is 52.4 Å². The van der Waals surface area contributed by atoms with Crippen LogP contribution in [0.4, 0.5) is 0 Å². The van der Waals surface area contributed by atoms with Gasteiger partial charge in [0.25, 0.3) is 0 Å². The second kappa shape index (κ2) is 12.4. The molecule has 11 nitrogen and oxygen atoms in total. The van der Waals surface area contributed by atoms with Gasteiger partial charge in [0.1, 0.15) is 10.7 Å². The minimum atomic E-state index is -4.46. The van der Waals surface area contributed by atoms with E-state index in [1.165, 1.54) is 23.1 Å². The predicted octanol–water partition coefficient (Wildman–Crippen LogP) is 0.594. The van der Waals surface area contributed by atoms with E-state index in [4.69, 9.17) is 28.9 Å². The summed E-state index contributed by atoms with van der Waals surface area (Å²) in [5.41, 5.74) is 7.02. The number of nitrogens with two attached hydrogens (primary N) is 1. The Morgan fingerprint density at radius 1 is 1.08 bits per heavy atom. The summed E-state index contributed by atoms with van der Waals surface area (Å²) < 4.78 is 26.7. The van der Waals surface area contributed by atoms with Gasteiger partial charge in [0.2, 0.25) is 27.7 Å². The summed E-state index contributed by atoms with van der Waals surface area (Å²) in [7, 11) is -2.88. The summed E-state index contributed by atoms with van der Waals surface area (Å²) in [5, 5.41) is 5.20. The van der Waals surface area contributed by atoms with Crippen molar-refractivity contribution in [2.24, 2.45) is 10.7 Å². The smallest absolute Gasteiger partial charge is 0.246 e. The first-order chi connectivity index (χ1) is 17.5. The van der Waals surface area contributed by atoms with Gasteiger partial charge in [0.15, 0.2) is 0 Å². The van der Waals surface area contributed by atoms with Crippen molar-refractivity contribution in [2.45, 2.75) is 11.4 Å². The molecule has 0 saturated heterocycles. The van der Waals surface area contributed by atoms with Crippen LogP contribution in [-0.4, -0.2) is 81.0 Å². The molecule has 2 aromatic carbocycles. The van der Waals surface area contributed by atoms with Gasteiger partial charge in [0, 0.05) is 25.7 Å². The van der Waals surface area contributed by atoms with Gasteiger partial charge in [-0.05, 0) is 17.7 Å². The second-order valence-electron chi connectivity index (χ2n) is 8.17. The van der Waals surface area contributed by atoms with Crippen LogP contribution >= 0.6 is 23.2 Å². The fourth-order valence-corrected chi connectivity index (χ4v) is 5.96. The largest absolute Gasteiger partial charge is 0.369 e. The lowest BCUT2D eigenvalue weighted by molar-refractivity contribution is -0.132. The molecule has 37 heavy (non-hydrogen) atoms. The van der Waals surface area contributed by atoms with E-state index in [2.05, 4.69) is 15.6 Å². The van der Waals surface area contributed by atoms with E-state index in [0.717, 1.165) is 30.1 Å². The molecule has 0 saturated carbocycles. The van der Waals surface area contributed by atoms with Crippen LogP contribution in [0.5, 0.6) is 0 Å². The van der Waals surface area contributed by atoms with E-state index in [1.54, 1.807) is 7.05 Å². The summed E-state index contributed by atoms with van der Waals surface area (Å²) in [5.74, 6) is -1.37. The summed E-state index contributed by atoms with van der Waals surface area (Å²) >= 11 is 12.0. The second-order valence-corrected chi connectivity index (χ2v) is 10.9. The molecule has 2 aromatic rings. The Kier molecular flexibility index (Phi) is 9.49. The van der Waals surface area contributed by atoms with E-state index in [-0.39, 0.29) is 16.6 Å². The number of carbonyl (C=O) groups is 3. The fourth-order valence-electron chi connectivity index (χ4n) is 3.50. The number of aliphatic imine (C=N–C) groups is 1. The lowest BCUT2D eigenvalue weighted by Gasteiger charge is -2.22. The summed E-state index contributed by atoms with van der Waals surface area (Å²) in [6.07, 6.45) is 0. The highest BCUT2D eigenvalue weighted by atomic mass is 35.5. The average molecular weight is 569 g/mol. The Balaban J connectivity index is 1.59. The number of sulfonamides is 1. The van der Waals surface area contributed by atoms with Crippen molar-refractivity contribution in [3.8, 4) is 0 Å². The maximum absolute atomic E-state index is 13.1. The molecule has 4 N–H and O–H groups in total. The topological polar surface area (TPSA) is 154 Å². The zero-order chi connectivity index (χ0) is 27.2. The van der Waals surface area contributed by atoms with Crippen LogP contribution in [0, 0.1) is 0 Å². The molecule has 0 unspecified atom stereocenters. The lowest BCUT2D eigenvalue weighted by Crippen LogP contribution is -2.46. The number of halogens is 2. The van der Waals surface area contributed by atoms with E-state index in [0.29, 0.717) is 10.8 Å². The molecule has 0 radical (unpaired) electrons. The third-order valence-electron chi connectivity index (χ3n) is 5.35. The summed E-state index contributed by atoms with van der Waals surface area (Å²) in [6.45, 7) is -0.111. The van der Waals surface area contributed by atoms with E-state index in [9.17, 15) is 22.8 Å². The van der Waals surface area contributed by atoms with Gasteiger partial charge in [-0.2, -0.15) is 4.31 Å². The maximum atomic E-state index is 13.1. The van der Waals surface area contributed by atoms with Crippen molar-refractivity contribution in [1.29, 1.82) is 0 Å². The third kappa shape index (κ3) is 7.41. The minimum absolute atomic E-state index is 0.181. The van der Waals surface area contributed by atoms with Crippen LogP contribution in [-0.2, 0) is 31.0 Å². The van der Waals surface area contributed by atoms with Gasteiger partial charge in [-0.15, -0.1) is 0 Å². The molecule has 0 aliphatic carbocycles. The van der Waals surface area contributed by atoms with Crippen LogP contribution in [0.2, 0.25) is 10.0 Å². The first-order valence-corrected chi connectivity index (χ1v) is 13.3. The molecule has 1 aliphatic rings. The van der Waals surface area contributed by atoms with Crippen molar-refractivity contribution in [2.75, 3.05) is 39.8 Å². The van der Waals surface area contributed by atoms with Crippen LogP contribution in [0.3, 0.4) is 0 Å². The zero-order valence-corrected chi connectivity index (χ0v) is 22.2. The number of likely N-dealkylation sites (N-methyl/N-ethyl adjacent to an activating group) is 1. The molecule has 3 rings (SSSR count). The number of benzene rings is 2. The predicted molar refractivity (Wildman–Crippen MR) is 140 cm³/mol. The Bertz CT molecular complexity index is 1300. The Morgan fingerprint density at radius 2 is 1.73 bits per heavy atom. The van der Waals surface area contributed by atoms with Gasteiger partial charge in [-0.25, -0.2) is 8.42 Å². The molecule has 1 aliphatic heterocycles. The van der Waals surface area contributed by atoms with Gasteiger partial charge in [-0.3, -0.25) is 19.4 Å². The quantitative estimate of drug-likeness (QED) is 0.360. The Hall–Kier alpha value is -3.19. The fraction of sp³-hybridized carbons (Fsp3) is 0.304. The van der Waals surface area contributed by atoms with Gasteiger partial charge >= 0.3 is 0 Å². The summed E-state index contributed by atoms with van der Waals surface area (Å²) in [4.78, 5) is 41.9. The number of amidine groups is 1. The molecule has 0 fully saturated rings. The Labute approximate surface area is 224 Å². The summed E-state index contributed by atoms with van der Waals surface area (Å²) in [6, 6.07) is 11.7. The van der Waals surface area contributed by atoms with Crippen molar-refractivity contribution >= 4 is 56.8 Å². The molecule has 0 aromatic heterocycles. The number of hydrogen-bond donors (Lipinski definition) is 3. The minimum Gasteiger partial charge on any atom is -0.369 e. The molecule has 14 heteroatoms. The van der Waals surface area contributed by atoms with Crippen LogP contribution in [0.1, 0.15) is 11.1 Å². The number of nitrogens with one attached hydrogen (secondary N) is 2. The molecular weight excluding hydrogens is 543 g/mol. The number of nitrogens with zero attached hydrogens (tertiary/aromatic N) is 3. The number of rotatable bonds is 11. The van der Waals surface area contributed by atoms with E-state index in [1.807, 2.05) is 24.3 Å². The highest BCUT2D eigenvalue weighted by molar-refractivity contribution is 7.89. The highest BCUT2D eigenvalue weighted by Gasteiger charge is 2.32. The van der Waals surface area contributed by atoms with Crippen molar-refractivity contribution < 1.29 is 22.8 Å². The standard InChI is InChI=1S/C23H26Cl2N6O5S/c1-30(12-15-5-7-16(8-6-15)23-27-9-10-28-23)21(34)11-29-20(33)14-31(13-19(26)32)37(35,36)22-17(24)3-2-4-18(22)25/h2-8H,9-14H2,1H3,(H2,26,32)(H,27,28)(H,29,33). The number of carbonyl (C=O) groups excluding carboxylic acids is 3. The molecular formula is C23H26Cl2N6O5S. The monoisotopic (exact) mass is 568 g/mol. The van der Waals surface area contributed by atoms with Gasteiger partial charge < -0.3 is 21.3 Å². The van der Waals surface area contributed by atoms with E-state index < -0.39 is 45.7 Å². The number of hydrogen-bond acceptors (Lipinski definition) is 7. The zero-order valence-electron chi connectivity index (χ0n) is 19.9. The molecule has 198 valence electrons. The van der Waals surface area contributed by atoms with Gasteiger partial charge in [0.05, 0.1) is 36.2 Å². The highest BCUT2D eigenvalue weighted by Crippen LogP contribution is 2.31. The van der Waals surface area contributed by atoms with Crippen molar-refractivity contribution in [3.05, 3.63) is 63.6 Å². The number of primary amides is 1. The SMILES string of the molecule is CN(Cc1ccc(C2=NCCN2)cc1)C(=O)CNC(=O)CN(CC(N)=O)S(=O)(=O)c1c(Cl)cccc1Cl. The molecule has 0 bridgehead atoms. The molecule has 1 heterocycles. The Morgan fingerprint density at radius 3 is 2.30 bits per heavy atom.